The fourth-order valence-electron chi connectivity index (χ4n) is 3.53. The Bertz CT molecular complexity index is 1010. The van der Waals surface area contributed by atoms with Gasteiger partial charge in [-0.1, -0.05) is 12.1 Å². The van der Waals surface area contributed by atoms with Gasteiger partial charge in [-0.25, -0.2) is 14.6 Å². The molecule has 1 saturated heterocycles. The van der Waals surface area contributed by atoms with Crippen molar-refractivity contribution in [2.45, 2.75) is 20.0 Å². The van der Waals surface area contributed by atoms with E-state index in [9.17, 15) is 4.79 Å². The van der Waals surface area contributed by atoms with Gasteiger partial charge in [0, 0.05) is 12.1 Å². The number of nitrogens with zero attached hydrogens (tertiary/aromatic N) is 6. The second-order valence-corrected chi connectivity index (χ2v) is 6.54. The van der Waals surface area contributed by atoms with E-state index < -0.39 is 0 Å². The average molecular weight is 387 g/mol. The lowest BCUT2D eigenvalue weighted by atomic mass is 10.1. The summed E-state index contributed by atoms with van der Waals surface area (Å²) in [6.45, 7) is 4.27. The van der Waals surface area contributed by atoms with Gasteiger partial charge in [-0.15, -0.1) is 12.4 Å². The molecule has 3 aromatic rings. The predicted molar refractivity (Wildman–Crippen MR) is 99.9 cm³/mol. The van der Waals surface area contributed by atoms with Crippen LogP contribution in [0.1, 0.15) is 17.2 Å². The molecule has 0 spiro atoms. The van der Waals surface area contributed by atoms with E-state index >= 15 is 0 Å². The molecule has 4 heterocycles. The number of morpholine rings is 1. The molecular formula is C18H19ClN6O2. The molecule has 0 atom stereocenters. The van der Waals surface area contributed by atoms with E-state index in [-0.39, 0.29) is 24.9 Å². The van der Waals surface area contributed by atoms with Crippen molar-refractivity contribution in [1.29, 1.82) is 0 Å². The molecule has 0 radical (unpaired) electrons. The van der Waals surface area contributed by atoms with Crippen LogP contribution in [-0.2, 0) is 22.6 Å². The number of carbonyl (C=O) groups excluding carboxylic acids is 1. The Kier molecular flexibility index (Phi) is 4.45. The maximum atomic E-state index is 12.0. The molecule has 8 nitrogen and oxygen atoms in total. The van der Waals surface area contributed by atoms with E-state index in [0.29, 0.717) is 32.1 Å². The first-order valence-electron chi connectivity index (χ1n) is 8.62. The van der Waals surface area contributed by atoms with Gasteiger partial charge in [0.05, 0.1) is 43.1 Å². The smallest absolute Gasteiger partial charge is 0.249 e. The molecule has 0 aliphatic carbocycles. The number of carbonyl (C=O) groups is 1. The molecule has 0 saturated carbocycles. The largest absolute Gasteiger partial charge is 0.370 e. The van der Waals surface area contributed by atoms with E-state index in [1.807, 2.05) is 36.1 Å². The van der Waals surface area contributed by atoms with Gasteiger partial charge in [0.15, 0.2) is 11.6 Å². The maximum absolute atomic E-state index is 12.0. The third-order valence-electron chi connectivity index (χ3n) is 4.91. The zero-order chi connectivity index (χ0) is 17.7. The van der Waals surface area contributed by atoms with Crippen LogP contribution >= 0.6 is 12.4 Å². The van der Waals surface area contributed by atoms with Crippen molar-refractivity contribution >= 4 is 18.3 Å². The van der Waals surface area contributed by atoms with Gasteiger partial charge in [0.1, 0.15) is 6.61 Å². The van der Waals surface area contributed by atoms with Gasteiger partial charge in [0.25, 0.3) is 0 Å². The number of hydrogen-bond acceptors (Lipinski definition) is 5. The summed E-state index contributed by atoms with van der Waals surface area (Å²) < 4.78 is 9.20. The second-order valence-electron chi connectivity index (χ2n) is 6.54. The number of hydrogen-bond donors (Lipinski definition) is 0. The Hall–Kier alpha value is -2.71. The summed E-state index contributed by atoms with van der Waals surface area (Å²) in [6, 6.07) is 8.12. The number of ether oxygens (including phenoxy) is 1. The van der Waals surface area contributed by atoms with E-state index in [0.717, 1.165) is 28.5 Å². The molecule has 0 N–H and O–H groups in total. The second kappa shape index (κ2) is 6.79. The van der Waals surface area contributed by atoms with Crippen molar-refractivity contribution in [2.75, 3.05) is 19.8 Å². The third kappa shape index (κ3) is 2.90. The van der Waals surface area contributed by atoms with Crippen molar-refractivity contribution in [3.8, 4) is 17.1 Å². The number of rotatable bonds is 2. The minimum atomic E-state index is -0.0180. The molecule has 5 rings (SSSR count). The SMILES string of the molecule is Cc1ncn2c1Cn1nc(CN3CCOCC3=O)nc1-c1ccccc1-2.Cl. The Labute approximate surface area is 162 Å². The molecule has 2 aliphatic rings. The van der Waals surface area contributed by atoms with Crippen molar-refractivity contribution in [2.24, 2.45) is 0 Å². The highest BCUT2D eigenvalue weighted by Gasteiger charge is 2.25. The van der Waals surface area contributed by atoms with E-state index in [1.54, 1.807) is 4.90 Å². The Balaban J connectivity index is 0.00000180. The molecule has 1 fully saturated rings. The zero-order valence-electron chi connectivity index (χ0n) is 14.8. The molecule has 0 bridgehead atoms. The quantitative estimate of drug-likeness (QED) is 0.522. The van der Waals surface area contributed by atoms with Gasteiger partial charge < -0.3 is 14.2 Å². The first-order chi connectivity index (χ1) is 12.7. The van der Waals surface area contributed by atoms with Gasteiger partial charge in [-0.3, -0.25) is 4.79 Å². The highest BCUT2D eigenvalue weighted by Crippen LogP contribution is 2.31. The minimum absolute atomic E-state index is 0. The molecule has 9 heteroatoms. The number of aromatic nitrogens is 5. The van der Waals surface area contributed by atoms with Crippen molar-refractivity contribution < 1.29 is 9.53 Å². The van der Waals surface area contributed by atoms with Crippen LogP contribution in [0.4, 0.5) is 0 Å². The van der Waals surface area contributed by atoms with E-state index in [4.69, 9.17) is 9.72 Å². The maximum Gasteiger partial charge on any atom is 0.249 e. The van der Waals surface area contributed by atoms with Crippen LogP contribution in [0.3, 0.4) is 0 Å². The molecule has 2 aromatic heterocycles. The normalized spacial score (nSPS) is 15.4. The van der Waals surface area contributed by atoms with Crippen LogP contribution in [0.15, 0.2) is 30.6 Å². The summed E-state index contributed by atoms with van der Waals surface area (Å²) in [7, 11) is 0. The van der Waals surface area contributed by atoms with Crippen LogP contribution in [0.25, 0.3) is 17.1 Å². The van der Waals surface area contributed by atoms with Crippen LogP contribution < -0.4 is 0 Å². The lowest BCUT2D eigenvalue weighted by Crippen LogP contribution is -2.41. The first kappa shape index (κ1) is 17.7. The fourth-order valence-corrected chi connectivity index (χ4v) is 3.53. The van der Waals surface area contributed by atoms with E-state index in [2.05, 4.69) is 20.7 Å². The number of halogens is 1. The highest BCUT2D eigenvalue weighted by atomic mass is 35.5. The number of fused-ring (bicyclic) bond motifs is 5. The van der Waals surface area contributed by atoms with Gasteiger partial charge in [-0.05, 0) is 19.1 Å². The number of imidazole rings is 1. The number of aryl methyl sites for hydroxylation is 1. The summed E-state index contributed by atoms with van der Waals surface area (Å²) in [5, 5.41) is 4.69. The molecular weight excluding hydrogens is 368 g/mol. The lowest BCUT2D eigenvalue weighted by molar-refractivity contribution is -0.143. The number of amides is 1. The van der Waals surface area contributed by atoms with Crippen molar-refractivity contribution in [1.82, 2.24) is 29.2 Å². The zero-order valence-corrected chi connectivity index (χ0v) is 15.6. The molecule has 1 amide bonds. The monoisotopic (exact) mass is 386 g/mol. The summed E-state index contributed by atoms with van der Waals surface area (Å²) in [6.07, 6.45) is 1.85. The van der Waals surface area contributed by atoms with Crippen LogP contribution in [0.5, 0.6) is 0 Å². The van der Waals surface area contributed by atoms with E-state index in [1.165, 1.54) is 0 Å². The molecule has 27 heavy (non-hydrogen) atoms. The Morgan fingerprint density at radius 3 is 2.96 bits per heavy atom. The fraction of sp³-hybridized carbons (Fsp3) is 0.333. The third-order valence-corrected chi connectivity index (χ3v) is 4.91. The van der Waals surface area contributed by atoms with Gasteiger partial charge in [-0.2, -0.15) is 5.10 Å². The average Bonchev–Trinajstić information content (AvgIpc) is 3.18. The summed E-state index contributed by atoms with van der Waals surface area (Å²) in [5.74, 6) is 1.45. The van der Waals surface area contributed by atoms with Crippen molar-refractivity contribution in [3.05, 3.63) is 47.8 Å². The standard InChI is InChI=1S/C18H18N6O2.ClH/c1-12-15-8-24-18(13-4-2-3-5-14(13)23(15)11-19-12)20-16(21-24)9-22-6-7-26-10-17(22)25;/h2-5,11H,6-10H2,1H3;1H. The minimum Gasteiger partial charge on any atom is -0.370 e. The Morgan fingerprint density at radius 1 is 1.26 bits per heavy atom. The summed E-state index contributed by atoms with van der Waals surface area (Å²) in [5.41, 5.74) is 4.13. The van der Waals surface area contributed by atoms with Crippen LogP contribution in [-0.4, -0.2) is 54.9 Å². The summed E-state index contributed by atoms with van der Waals surface area (Å²) >= 11 is 0. The molecule has 140 valence electrons. The lowest BCUT2D eigenvalue weighted by Gasteiger charge is -2.25. The predicted octanol–water partition coefficient (Wildman–Crippen LogP) is 1.58. The van der Waals surface area contributed by atoms with Crippen LogP contribution in [0, 0.1) is 6.92 Å². The van der Waals surface area contributed by atoms with Crippen LogP contribution in [0.2, 0.25) is 0 Å². The van der Waals surface area contributed by atoms with Crippen molar-refractivity contribution in [3.63, 3.8) is 0 Å². The topological polar surface area (TPSA) is 78.1 Å². The first-order valence-corrected chi connectivity index (χ1v) is 8.62. The van der Waals surface area contributed by atoms with Gasteiger partial charge in [0.2, 0.25) is 5.91 Å². The Morgan fingerprint density at radius 2 is 2.11 bits per heavy atom. The number of benzene rings is 1. The molecule has 0 unspecified atom stereocenters. The molecule has 1 aromatic carbocycles. The highest BCUT2D eigenvalue weighted by molar-refractivity contribution is 5.85. The summed E-state index contributed by atoms with van der Waals surface area (Å²) in [4.78, 5) is 23.0. The number of para-hydroxylation sites is 1. The molecule has 2 aliphatic heterocycles. The van der Waals surface area contributed by atoms with Gasteiger partial charge >= 0.3 is 0 Å².